The van der Waals surface area contributed by atoms with Crippen LogP contribution < -0.4 is 10.5 Å². The molecule has 0 aliphatic carbocycles. The van der Waals surface area contributed by atoms with Crippen molar-refractivity contribution in [3.63, 3.8) is 0 Å². The van der Waals surface area contributed by atoms with Crippen molar-refractivity contribution in [3.8, 4) is 11.5 Å². The highest BCUT2D eigenvalue weighted by atomic mass is 32.1. The van der Waals surface area contributed by atoms with Crippen LogP contribution in [0.1, 0.15) is 22.3 Å². The van der Waals surface area contributed by atoms with Gasteiger partial charge in [-0.2, -0.15) is 0 Å². The number of aryl methyl sites for hydroxylation is 3. The van der Waals surface area contributed by atoms with Crippen LogP contribution in [0.5, 0.6) is 11.5 Å². The molecule has 0 radical (unpaired) electrons. The Morgan fingerprint density at radius 1 is 1.05 bits per heavy atom. The van der Waals surface area contributed by atoms with Crippen LogP contribution in [0.15, 0.2) is 36.4 Å². The van der Waals surface area contributed by atoms with Crippen molar-refractivity contribution in [1.29, 1.82) is 0 Å². The number of rotatable bonds is 3. The molecule has 2 aromatic rings. The second kappa shape index (κ2) is 5.41. The van der Waals surface area contributed by atoms with Gasteiger partial charge in [-0.3, -0.25) is 0 Å². The van der Waals surface area contributed by atoms with E-state index < -0.39 is 0 Å². The minimum Gasteiger partial charge on any atom is -0.456 e. The number of hydrogen-bond acceptors (Lipinski definition) is 2. The van der Waals surface area contributed by atoms with E-state index in [0.717, 1.165) is 22.6 Å². The molecular formula is C16H17NOS. The average molecular weight is 271 g/mol. The van der Waals surface area contributed by atoms with Crippen molar-refractivity contribution in [2.24, 2.45) is 5.73 Å². The Kier molecular flexibility index (Phi) is 3.86. The summed E-state index contributed by atoms with van der Waals surface area (Å²) in [6.07, 6.45) is 0. The molecule has 98 valence electrons. The molecule has 19 heavy (non-hydrogen) atoms. The number of para-hydroxylation sites is 1. The van der Waals surface area contributed by atoms with E-state index in [1.165, 1.54) is 11.1 Å². The minimum absolute atomic E-state index is 0.350. The van der Waals surface area contributed by atoms with Crippen molar-refractivity contribution >= 4 is 17.2 Å². The molecule has 0 spiro atoms. The van der Waals surface area contributed by atoms with Gasteiger partial charge in [0.1, 0.15) is 16.5 Å². The van der Waals surface area contributed by atoms with Gasteiger partial charge in [-0.25, -0.2) is 0 Å². The quantitative estimate of drug-likeness (QED) is 0.856. The third-order valence-electron chi connectivity index (χ3n) is 2.89. The normalized spacial score (nSPS) is 10.3. The van der Waals surface area contributed by atoms with Crippen LogP contribution >= 0.6 is 12.2 Å². The highest BCUT2D eigenvalue weighted by Gasteiger charge is 2.10. The van der Waals surface area contributed by atoms with Crippen molar-refractivity contribution < 1.29 is 4.74 Å². The first-order valence-corrected chi connectivity index (χ1v) is 6.54. The Hall–Kier alpha value is -1.87. The van der Waals surface area contributed by atoms with Gasteiger partial charge in [-0.05, 0) is 55.7 Å². The van der Waals surface area contributed by atoms with E-state index in [1.807, 2.05) is 51.1 Å². The maximum atomic E-state index is 6.00. The predicted molar refractivity (Wildman–Crippen MR) is 83.1 cm³/mol. The van der Waals surface area contributed by atoms with Crippen molar-refractivity contribution in [2.75, 3.05) is 0 Å². The fraction of sp³-hybridized carbons (Fsp3) is 0.188. The molecule has 0 bridgehead atoms. The van der Waals surface area contributed by atoms with Crippen LogP contribution in [0.2, 0.25) is 0 Å². The molecule has 0 fully saturated rings. The number of ether oxygens (including phenoxy) is 1. The van der Waals surface area contributed by atoms with Crippen molar-refractivity contribution in [2.45, 2.75) is 20.8 Å². The maximum absolute atomic E-state index is 6.00. The zero-order valence-electron chi connectivity index (χ0n) is 11.4. The number of nitrogens with two attached hydrogens (primary N) is 1. The summed E-state index contributed by atoms with van der Waals surface area (Å²) in [7, 11) is 0. The van der Waals surface area contributed by atoms with Gasteiger partial charge in [0.05, 0.1) is 5.56 Å². The molecule has 0 saturated heterocycles. The molecule has 0 aliphatic heterocycles. The van der Waals surface area contributed by atoms with Crippen LogP contribution in [0.25, 0.3) is 0 Å². The van der Waals surface area contributed by atoms with Gasteiger partial charge in [0, 0.05) is 0 Å². The van der Waals surface area contributed by atoms with Gasteiger partial charge in [-0.1, -0.05) is 30.4 Å². The first kappa shape index (κ1) is 13.6. The smallest absolute Gasteiger partial charge is 0.140 e. The van der Waals surface area contributed by atoms with Gasteiger partial charge in [0.25, 0.3) is 0 Å². The summed E-state index contributed by atoms with van der Waals surface area (Å²) in [6, 6.07) is 11.9. The second-order valence-corrected chi connectivity index (χ2v) is 5.18. The largest absolute Gasteiger partial charge is 0.456 e. The monoisotopic (exact) mass is 271 g/mol. The summed E-state index contributed by atoms with van der Waals surface area (Å²) in [6.45, 7) is 6.08. The minimum atomic E-state index is 0.350. The number of thiocarbonyl (C=S) groups is 1. The number of benzene rings is 2. The molecule has 2 N–H and O–H groups in total. The molecule has 3 heteroatoms. The Balaban J connectivity index is 2.45. The Labute approximate surface area is 119 Å². The van der Waals surface area contributed by atoms with E-state index in [9.17, 15) is 0 Å². The van der Waals surface area contributed by atoms with Gasteiger partial charge < -0.3 is 10.5 Å². The van der Waals surface area contributed by atoms with Crippen LogP contribution in [0, 0.1) is 20.8 Å². The van der Waals surface area contributed by atoms with Gasteiger partial charge in [0.2, 0.25) is 0 Å². The van der Waals surface area contributed by atoms with Gasteiger partial charge in [-0.15, -0.1) is 0 Å². The molecular weight excluding hydrogens is 254 g/mol. The molecule has 2 nitrogen and oxygen atoms in total. The second-order valence-electron chi connectivity index (χ2n) is 4.74. The maximum Gasteiger partial charge on any atom is 0.140 e. The van der Waals surface area contributed by atoms with E-state index in [1.54, 1.807) is 0 Å². The fourth-order valence-corrected chi connectivity index (χ4v) is 2.25. The van der Waals surface area contributed by atoms with E-state index >= 15 is 0 Å². The predicted octanol–water partition coefficient (Wildman–Crippen LogP) is 4.04. The summed E-state index contributed by atoms with van der Waals surface area (Å²) in [5, 5.41) is 0. The summed E-state index contributed by atoms with van der Waals surface area (Å²) in [5.41, 5.74) is 9.87. The molecule has 0 aromatic heterocycles. The van der Waals surface area contributed by atoms with Gasteiger partial charge in [0.15, 0.2) is 0 Å². The summed E-state index contributed by atoms with van der Waals surface area (Å²) >= 11 is 5.07. The molecule has 0 amide bonds. The third-order valence-corrected chi connectivity index (χ3v) is 3.11. The molecule has 0 saturated carbocycles. The lowest BCUT2D eigenvalue weighted by Crippen LogP contribution is -2.11. The van der Waals surface area contributed by atoms with Crippen LogP contribution in [-0.4, -0.2) is 4.99 Å². The first-order valence-electron chi connectivity index (χ1n) is 6.13. The van der Waals surface area contributed by atoms with Crippen LogP contribution in [-0.2, 0) is 0 Å². The van der Waals surface area contributed by atoms with E-state index in [-0.39, 0.29) is 0 Å². The summed E-state index contributed by atoms with van der Waals surface area (Å²) < 4.78 is 6.00. The molecule has 2 rings (SSSR count). The molecule has 0 atom stereocenters. The topological polar surface area (TPSA) is 35.2 Å². The summed E-state index contributed by atoms with van der Waals surface area (Å²) in [4.78, 5) is 0.350. The fourth-order valence-electron chi connectivity index (χ4n) is 2.09. The average Bonchev–Trinajstić information content (AvgIpc) is 2.30. The Bertz CT molecular complexity index is 614. The summed E-state index contributed by atoms with van der Waals surface area (Å²) in [5.74, 6) is 1.55. The molecule has 0 unspecified atom stereocenters. The number of hydrogen-bond donors (Lipinski definition) is 1. The highest BCUT2D eigenvalue weighted by Crippen LogP contribution is 2.30. The van der Waals surface area contributed by atoms with Crippen LogP contribution in [0.3, 0.4) is 0 Å². The lowest BCUT2D eigenvalue weighted by molar-refractivity contribution is 0.477. The molecule has 0 aliphatic rings. The van der Waals surface area contributed by atoms with Crippen molar-refractivity contribution in [3.05, 3.63) is 58.7 Å². The zero-order valence-corrected chi connectivity index (χ0v) is 12.2. The Morgan fingerprint density at radius 3 is 2.26 bits per heavy atom. The third kappa shape index (κ3) is 3.12. The van der Waals surface area contributed by atoms with E-state index in [2.05, 4.69) is 6.07 Å². The zero-order chi connectivity index (χ0) is 14.0. The lowest BCUT2D eigenvalue weighted by atomic mass is 10.1. The van der Waals surface area contributed by atoms with E-state index in [4.69, 9.17) is 22.7 Å². The van der Waals surface area contributed by atoms with Gasteiger partial charge >= 0.3 is 0 Å². The first-order chi connectivity index (χ1) is 8.97. The standard InChI is InChI=1S/C16H17NOS/c1-10-7-11(2)9-13(8-10)18-15-12(3)5-4-6-14(15)16(17)19/h4-9H,1-3H3,(H2,17,19). The molecule has 2 aromatic carbocycles. The lowest BCUT2D eigenvalue weighted by Gasteiger charge is -2.14. The Morgan fingerprint density at radius 2 is 1.68 bits per heavy atom. The molecule has 0 heterocycles. The highest BCUT2D eigenvalue weighted by molar-refractivity contribution is 7.80. The van der Waals surface area contributed by atoms with Crippen LogP contribution in [0.4, 0.5) is 0 Å². The van der Waals surface area contributed by atoms with Crippen molar-refractivity contribution in [1.82, 2.24) is 0 Å². The SMILES string of the molecule is Cc1cc(C)cc(Oc2c(C)cccc2C(N)=S)c1. The van der Waals surface area contributed by atoms with E-state index in [0.29, 0.717) is 4.99 Å².